The van der Waals surface area contributed by atoms with Gasteiger partial charge in [0.15, 0.2) is 0 Å². The highest BCUT2D eigenvalue weighted by Gasteiger charge is 2.42. The highest BCUT2D eigenvalue weighted by atomic mass is 19.4. The summed E-state index contributed by atoms with van der Waals surface area (Å²) in [5, 5.41) is 0. The molecule has 0 unspecified atom stereocenters. The van der Waals surface area contributed by atoms with Crippen molar-refractivity contribution in [2.75, 3.05) is 0 Å². The first-order valence-electron chi connectivity index (χ1n) is 9.72. The molecule has 3 aromatic rings. The van der Waals surface area contributed by atoms with Crippen LogP contribution < -0.4 is 16.4 Å². The molecule has 0 N–H and O–H groups in total. The average Bonchev–Trinajstić information content (AvgIpc) is 2.73. The lowest BCUT2D eigenvalue weighted by molar-refractivity contribution is -0.144. The number of hydrogen-bond donors (Lipinski definition) is 0. The second kappa shape index (κ2) is 9.24. The number of benzene rings is 3. The summed E-state index contributed by atoms with van der Waals surface area (Å²) in [5.74, 6) is -3.27. The molecule has 0 heterocycles. The first kappa shape index (κ1) is 28.3. The molecule has 37 heavy (non-hydrogen) atoms. The normalized spacial score (nSPS) is 13.1. The first-order valence-corrected chi connectivity index (χ1v) is 9.72. The van der Waals surface area contributed by atoms with Crippen molar-refractivity contribution in [3.05, 3.63) is 88.5 Å². The van der Waals surface area contributed by atoms with E-state index in [-0.39, 0.29) is 36.4 Å². The van der Waals surface area contributed by atoms with Crippen LogP contribution in [0.1, 0.15) is 22.3 Å². The minimum Gasteiger partial charge on any atom is -0.207 e. The van der Waals surface area contributed by atoms with Crippen molar-refractivity contribution in [3.63, 3.8) is 0 Å². The van der Waals surface area contributed by atoms with Gasteiger partial charge in [-0.2, -0.15) is 52.7 Å². The summed E-state index contributed by atoms with van der Waals surface area (Å²) in [7, 11) is 0. The molecule has 0 spiro atoms. The molecule has 198 valence electrons. The summed E-state index contributed by atoms with van der Waals surface area (Å²) in [6.45, 7) is -2.58. The molecular formula is C22H9BF14. The van der Waals surface area contributed by atoms with Gasteiger partial charge in [0.1, 0.15) is 11.6 Å². The topological polar surface area (TPSA) is 0 Å². The van der Waals surface area contributed by atoms with Gasteiger partial charge < -0.3 is 0 Å². The Balaban J connectivity index is 2.50. The van der Waals surface area contributed by atoms with Crippen molar-refractivity contribution in [1.29, 1.82) is 0 Å². The third-order valence-corrected chi connectivity index (χ3v) is 5.18. The van der Waals surface area contributed by atoms with Crippen LogP contribution in [0.3, 0.4) is 0 Å². The third-order valence-electron chi connectivity index (χ3n) is 5.18. The maximum absolute atomic E-state index is 14.7. The second-order valence-electron chi connectivity index (χ2n) is 7.75. The van der Waals surface area contributed by atoms with Crippen molar-refractivity contribution < 1.29 is 61.5 Å². The highest BCUT2D eigenvalue weighted by molar-refractivity contribution is 6.95. The van der Waals surface area contributed by atoms with Crippen molar-refractivity contribution in [2.24, 2.45) is 0 Å². The van der Waals surface area contributed by atoms with E-state index in [9.17, 15) is 61.5 Å². The van der Waals surface area contributed by atoms with Gasteiger partial charge in [0.25, 0.3) is 0 Å². The van der Waals surface area contributed by atoms with E-state index in [0.29, 0.717) is 12.1 Å². The Morgan fingerprint density at radius 1 is 0.432 bits per heavy atom. The Morgan fingerprint density at radius 2 is 0.703 bits per heavy atom. The lowest BCUT2D eigenvalue weighted by Crippen LogP contribution is -2.55. The standard InChI is InChI=1S/C22H9BF14/c24-16-2-1-3-17(25)18(16)23(14-6-10(19(26,27)28)4-11(7-14)20(29,30)31)15-8-12(21(32,33)34)5-13(9-15)22(35,36)37/h1-9H. The van der Waals surface area contributed by atoms with Crippen molar-refractivity contribution in [1.82, 2.24) is 0 Å². The fourth-order valence-corrected chi connectivity index (χ4v) is 3.60. The molecule has 0 fully saturated rings. The monoisotopic (exact) mass is 550 g/mol. The average molecular weight is 550 g/mol. The van der Waals surface area contributed by atoms with Gasteiger partial charge in [0.05, 0.1) is 22.3 Å². The van der Waals surface area contributed by atoms with Crippen molar-refractivity contribution in [2.45, 2.75) is 24.7 Å². The highest BCUT2D eigenvalue weighted by Crippen LogP contribution is 2.36. The number of rotatable bonds is 3. The molecule has 0 saturated carbocycles. The Morgan fingerprint density at radius 3 is 0.946 bits per heavy atom. The van der Waals surface area contributed by atoms with Gasteiger partial charge in [-0.15, -0.1) is 0 Å². The molecule has 0 aromatic heterocycles. The third kappa shape index (κ3) is 6.18. The first-order chi connectivity index (χ1) is 16.7. The Bertz CT molecular complexity index is 1140. The molecule has 0 atom stereocenters. The van der Waals surface area contributed by atoms with Crippen LogP contribution in [-0.4, -0.2) is 6.71 Å². The molecule has 0 saturated heterocycles. The van der Waals surface area contributed by atoms with Crippen LogP contribution >= 0.6 is 0 Å². The molecule has 0 aliphatic carbocycles. The van der Waals surface area contributed by atoms with Crippen LogP contribution in [0.2, 0.25) is 0 Å². The fraction of sp³-hybridized carbons (Fsp3) is 0.182. The van der Waals surface area contributed by atoms with Gasteiger partial charge in [-0.1, -0.05) is 41.3 Å². The minimum absolute atomic E-state index is 0.0285. The fourth-order valence-electron chi connectivity index (χ4n) is 3.60. The molecule has 15 heteroatoms. The lowest BCUT2D eigenvalue weighted by Gasteiger charge is -2.22. The van der Waals surface area contributed by atoms with E-state index >= 15 is 0 Å². The molecule has 3 rings (SSSR count). The van der Waals surface area contributed by atoms with Crippen LogP contribution in [0, 0.1) is 11.6 Å². The van der Waals surface area contributed by atoms with Crippen LogP contribution in [0.5, 0.6) is 0 Å². The van der Waals surface area contributed by atoms with Crippen LogP contribution in [0.4, 0.5) is 61.5 Å². The Labute approximate surface area is 198 Å². The minimum atomic E-state index is -5.47. The summed E-state index contributed by atoms with van der Waals surface area (Å²) in [6.07, 6.45) is -21.9. The number of alkyl halides is 12. The molecule has 0 amide bonds. The Hall–Kier alpha value is -3.26. The van der Waals surface area contributed by atoms with Gasteiger partial charge in [-0.25, -0.2) is 8.78 Å². The quantitative estimate of drug-likeness (QED) is 0.256. The second-order valence-corrected chi connectivity index (χ2v) is 7.75. The van der Waals surface area contributed by atoms with E-state index in [1.54, 1.807) is 0 Å². The summed E-state index contributed by atoms with van der Waals surface area (Å²) in [6, 6.07) is 0.879. The zero-order valence-corrected chi connectivity index (χ0v) is 17.6. The van der Waals surface area contributed by atoms with Crippen molar-refractivity contribution >= 4 is 23.1 Å². The van der Waals surface area contributed by atoms with Gasteiger partial charge >= 0.3 is 24.7 Å². The van der Waals surface area contributed by atoms with Gasteiger partial charge in [-0.3, -0.25) is 0 Å². The Kier molecular flexibility index (Phi) is 7.08. The van der Waals surface area contributed by atoms with E-state index in [0.717, 1.165) is 6.07 Å². The van der Waals surface area contributed by atoms with E-state index in [1.165, 1.54) is 0 Å². The van der Waals surface area contributed by atoms with Crippen LogP contribution in [0.25, 0.3) is 0 Å². The summed E-state index contributed by atoms with van der Waals surface area (Å²) < 4.78 is 190. The molecule has 3 aromatic carbocycles. The van der Waals surface area contributed by atoms with Gasteiger partial charge in [-0.05, 0) is 24.3 Å². The summed E-state index contributed by atoms with van der Waals surface area (Å²) >= 11 is 0. The van der Waals surface area contributed by atoms with E-state index in [4.69, 9.17) is 0 Å². The summed E-state index contributed by atoms with van der Waals surface area (Å²) in [5.41, 5.74) is -11.9. The van der Waals surface area contributed by atoms with Gasteiger partial charge in [0.2, 0.25) is 6.71 Å². The maximum atomic E-state index is 14.7. The van der Waals surface area contributed by atoms with E-state index < -0.39 is 81.7 Å². The molecule has 0 aliphatic heterocycles. The smallest absolute Gasteiger partial charge is 0.207 e. The van der Waals surface area contributed by atoms with Crippen LogP contribution in [0.15, 0.2) is 54.6 Å². The van der Waals surface area contributed by atoms with Crippen molar-refractivity contribution in [3.8, 4) is 0 Å². The zero-order chi connectivity index (χ0) is 28.1. The van der Waals surface area contributed by atoms with Gasteiger partial charge in [0, 0.05) is 5.46 Å². The maximum Gasteiger partial charge on any atom is 0.416 e. The van der Waals surface area contributed by atoms with E-state index in [1.807, 2.05) is 0 Å². The molecule has 0 bridgehead atoms. The molecule has 0 nitrogen and oxygen atoms in total. The molecule has 0 aliphatic rings. The summed E-state index contributed by atoms with van der Waals surface area (Å²) in [4.78, 5) is 0. The van der Waals surface area contributed by atoms with Crippen LogP contribution in [-0.2, 0) is 24.7 Å². The largest absolute Gasteiger partial charge is 0.416 e. The zero-order valence-electron chi connectivity index (χ0n) is 17.6. The molecule has 0 radical (unpaired) electrons. The van der Waals surface area contributed by atoms with E-state index in [2.05, 4.69) is 0 Å². The SMILES string of the molecule is Fc1cccc(F)c1B(c1cc(C(F)(F)F)cc(C(F)(F)F)c1)c1cc(C(F)(F)F)cc(C(F)(F)F)c1. The molecular weight excluding hydrogens is 541 g/mol. The number of halogens is 14. The number of hydrogen-bond acceptors (Lipinski definition) is 0. The predicted octanol–water partition coefficient (Wildman–Crippen LogP) is 6.56. The predicted molar refractivity (Wildman–Crippen MR) is 104 cm³/mol. The lowest BCUT2D eigenvalue weighted by atomic mass is 9.36.